The molecule has 1 aliphatic rings. The first kappa shape index (κ1) is 11.9. The smallest absolute Gasteiger partial charge is 0.120 e. The minimum Gasteiger partial charge on any atom is -0.497 e. The lowest BCUT2D eigenvalue weighted by Gasteiger charge is -2.15. The summed E-state index contributed by atoms with van der Waals surface area (Å²) < 4.78 is 6.29. The second-order valence-corrected chi connectivity index (χ2v) is 5.43. The molecule has 0 saturated heterocycles. The van der Waals surface area contributed by atoms with E-state index in [1.165, 1.54) is 5.56 Å². The highest BCUT2D eigenvalue weighted by molar-refractivity contribution is 9.10. The van der Waals surface area contributed by atoms with E-state index in [0.717, 1.165) is 35.0 Å². The third-order valence-corrected chi connectivity index (χ3v) is 4.02. The van der Waals surface area contributed by atoms with Gasteiger partial charge >= 0.3 is 0 Å². The Balaban J connectivity index is 2.47. The number of hydrogen-bond acceptors (Lipinski definition) is 2. The minimum atomic E-state index is -0.362. The van der Waals surface area contributed by atoms with Gasteiger partial charge in [-0.15, -0.1) is 0 Å². The highest BCUT2D eigenvalue weighted by Gasteiger charge is 2.22. The number of aliphatic hydroxyl groups is 1. The van der Waals surface area contributed by atoms with Gasteiger partial charge in [0, 0.05) is 4.47 Å². The van der Waals surface area contributed by atoms with E-state index >= 15 is 0 Å². The van der Waals surface area contributed by atoms with Gasteiger partial charge in [-0.05, 0) is 48.4 Å². The molecule has 0 saturated carbocycles. The van der Waals surface area contributed by atoms with Gasteiger partial charge in [-0.2, -0.15) is 0 Å². The summed E-state index contributed by atoms with van der Waals surface area (Å²) >= 11 is 3.56. The molecule has 2 rings (SSSR count). The lowest BCUT2D eigenvalue weighted by Crippen LogP contribution is -2.02. The van der Waals surface area contributed by atoms with E-state index in [-0.39, 0.29) is 6.10 Å². The summed E-state index contributed by atoms with van der Waals surface area (Å²) in [5.74, 6) is 1.37. The van der Waals surface area contributed by atoms with Crippen molar-refractivity contribution in [2.45, 2.75) is 32.3 Å². The number of benzene rings is 1. The maximum Gasteiger partial charge on any atom is 0.120 e. The van der Waals surface area contributed by atoms with Crippen molar-refractivity contribution in [3.8, 4) is 5.75 Å². The SMILES string of the molecule is COc1cc(Br)c2c(c1)C(O)CC(C)CC2. The number of aliphatic hydroxyl groups excluding tert-OH is 1. The Morgan fingerprint density at radius 3 is 2.88 bits per heavy atom. The first-order valence-corrected chi connectivity index (χ1v) is 6.45. The van der Waals surface area contributed by atoms with Crippen LogP contribution in [0.4, 0.5) is 0 Å². The Hall–Kier alpha value is -0.540. The fourth-order valence-electron chi connectivity index (χ4n) is 2.33. The normalized spacial score (nSPS) is 24.8. The zero-order valence-corrected chi connectivity index (χ0v) is 11.3. The van der Waals surface area contributed by atoms with Gasteiger partial charge in [0.05, 0.1) is 13.2 Å². The van der Waals surface area contributed by atoms with E-state index in [4.69, 9.17) is 4.74 Å². The Kier molecular flexibility index (Phi) is 3.55. The van der Waals surface area contributed by atoms with E-state index in [0.29, 0.717) is 5.92 Å². The fraction of sp³-hybridized carbons (Fsp3) is 0.538. The molecule has 2 atom stereocenters. The van der Waals surface area contributed by atoms with Crippen LogP contribution in [0.15, 0.2) is 16.6 Å². The number of rotatable bonds is 1. The molecule has 0 aromatic heterocycles. The predicted octanol–water partition coefficient (Wildman–Crippen LogP) is 3.46. The van der Waals surface area contributed by atoms with Crippen LogP contribution in [0, 0.1) is 5.92 Å². The number of ether oxygens (including phenoxy) is 1. The van der Waals surface area contributed by atoms with Crippen LogP contribution in [0.3, 0.4) is 0 Å². The molecule has 0 aliphatic heterocycles. The quantitative estimate of drug-likeness (QED) is 0.801. The Morgan fingerprint density at radius 2 is 2.19 bits per heavy atom. The molecule has 1 aromatic rings. The fourth-order valence-corrected chi connectivity index (χ4v) is 2.98. The van der Waals surface area contributed by atoms with Crippen LogP contribution in [-0.2, 0) is 6.42 Å². The van der Waals surface area contributed by atoms with Gasteiger partial charge in [0.25, 0.3) is 0 Å². The zero-order valence-electron chi connectivity index (χ0n) is 9.66. The highest BCUT2D eigenvalue weighted by Crippen LogP contribution is 2.37. The van der Waals surface area contributed by atoms with Gasteiger partial charge < -0.3 is 9.84 Å². The van der Waals surface area contributed by atoms with Crippen LogP contribution in [0.5, 0.6) is 5.75 Å². The van der Waals surface area contributed by atoms with Crippen LogP contribution in [-0.4, -0.2) is 12.2 Å². The second kappa shape index (κ2) is 4.76. The van der Waals surface area contributed by atoms with E-state index < -0.39 is 0 Å². The van der Waals surface area contributed by atoms with Crippen LogP contribution in [0.1, 0.15) is 37.0 Å². The monoisotopic (exact) mass is 284 g/mol. The lowest BCUT2D eigenvalue weighted by molar-refractivity contribution is 0.149. The standard InChI is InChI=1S/C13H17BrO2/c1-8-3-4-10-11(13(15)5-8)6-9(16-2)7-12(10)14/h6-8,13,15H,3-5H2,1-2H3. The van der Waals surface area contributed by atoms with Gasteiger partial charge in [-0.1, -0.05) is 22.9 Å². The Bertz CT molecular complexity index is 390. The first-order chi connectivity index (χ1) is 7.61. The highest BCUT2D eigenvalue weighted by atomic mass is 79.9. The predicted molar refractivity (Wildman–Crippen MR) is 67.8 cm³/mol. The van der Waals surface area contributed by atoms with Gasteiger partial charge in [-0.3, -0.25) is 0 Å². The third kappa shape index (κ3) is 2.25. The van der Waals surface area contributed by atoms with E-state index in [9.17, 15) is 5.11 Å². The molecule has 3 heteroatoms. The van der Waals surface area contributed by atoms with Crippen LogP contribution in [0.2, 0.25) is 0 Å². The molecule has 0 fully saturated rings. The molecule has 1 aromatic carbocycles. The lowest BCUT2D eigenvalue weighted by atomic mass is 9.99. The average Bonchev–Trinajstić information content (AvgIpc) is 2.39. The maximum absolute atomic E-state index is 10.2. The van der Waals surface area contributed by atoms with Crippen LogP contribution >= 0.6 is 15.9 Å². The van der Waals surface area contributed by atoms with Crippen LogP contribution in [0.25, 0.3) is 0 Å². The molecule has 1 N–H and O–H groups in total. The number of hydrogen-bond donors (Lipinski definition) is 1. The van der Waals surface area contributed by atoms with Crippen molar-refractivity contribution >= 4 is 15.9 Å². The molecule has 0 heterocycles. The average molecular weight is 285 g/mol. The molecule has 88 valence electrons. The molecular formula is C13H17BrO2. The number of methoxy groups -OCH3 is 1. The number of halogens is 1. The molecule has 1 aliphatic carbocycles. The largest absolute Gasteiger partial charge is 0.497 e. The Labute approximate surface area is 105 Å². The summed E-state index contributed by atoms with van der Waals surface area (Å²) in [6.45, 7) is 2.19. The molecule has 0 bridgehead atoms. The van der Waals surface area contributed by atoms with Gasteiger partial charge in [0.1, 0.15) is 5.75 Å². The summed E-state index contributed by atoms with van der Waals surface area (Å²) in [6, 6.07) is 3.93. The van der Waals surface area contributed by atoms with Crippen LogP contribution < -0.4 is 4.74 Å². The third-order valence-electron chi connectivity index (χ3n) is 3.31. The minimum absolute atomic E-state index is 0.362. The van der Waals surface area contributed by atoms with Gasteiger partial charge in [-0.25, -0.2) is 0 Å². The van der Waals surface area contributed by atoms with E-state index in [1.807, 2.05) is 12.1 Å². The summed E-state index contributed by atoms with van der Waals surface area (Å²) in [6.07, 6.45) is 2.64. The molecule has 16 heavy (non-hydrogen) atoms. The summed E-state index contributed by atoms with van der Waals surface area (Å²) in [5.41, 5.74) is 2.26. The van der Waals surface area contributed by atoms with Crippen molar-refractivity contribution in [1.82, 2.24) is 0 Å². The van der Waals surface area contributed by atoms with Crippen molar-refractivity contribution in [3.05, 3.63) is 27.7 Å². The van der Waals surface area contributed by atoms with E-state index in [2.05, 4.69) is 22.9 Å². The van der Waals surface area contributed by atoms with Crippen molar-refractivity contribution in [1.29, 1.82) is 0 Å². The van der Waals surface area contributed by atoms with Crippen molar-refractivity contribution in [3.63, 3.8) is 0 Å². The summed E-state index contributed by atoms with van der Waals surface area (Å²) in [7, 11) is 1.65. The molecule has 0 radical (unpaired) electrons. The van der Waals surface area contributed by atoms with E-state index in [1.54, 1.807) is 7.11 Å². The Morgan fingerprint density at radius 1 is 1.44 bits per heavy atom. The van der Waals surface area contributed by atoms with Crippen molar-refractivity contribution in [2.75, 3.05) is 7.11 Å². The zero-order chi connectivity index (χ0) is 11.7. The maximum atomic E-state index is 10.2. The molecule has 2 unspecified atom stereocenters. The summed E-state index contributed by atoms with van der Waals surface area (Å²) in [5, 5.41) is 10.2. The molecular weight excluding hydrogens is 268 g/mol. The van der Waals surface area contributed by atoms with Crippen molar-refractivity contribution < 1.29 is 9.84 Å². The van der Waals surface area contributed by atoms with Gasteiger partial charge in [0.15, 0.2) is 0 Å². The summed E-state index contributed by atoms with van der Waals surface area (Å²) in [4.78, 5) is 0. The molecule has 2 nitrogen and oxygen atoms in total. The molecule has 0 amide bonds. The van der Waals surface area contributed by atoms with Crippen molar-refractivity contribution in [2.24, 2.45) is 5.92 Å². The second-order valence-electron chi connectivity index (χ2n) is 4.57. The topological polar surface area (TPSA) is 29.5 Å². The first-order valence-electron chi connectivity index (χ1n) is 5.66. The number of fused-ring (bicyclic) bond motifs is 1. The molecule has 0 spiro atoms. The van der Waals surface area contributed by atoms with Gasteiger partial charge in [0.2, 0.25) is 0 Å².